The lowest BCUT2D eigenvalue weighted by atomic mass is 9.87. The van der Waals surface area contributed by atoms with Gasteiger partial charge in [0.15, 0.2) is 0 Å². The molecular formula is C14H29NO. The molecule has 0 bridgehead atoms. The van der Waals surface area contributed by atoms with Crippen LogP contribution in [0.15, 0.2) is 0 Å². The van der Waals surface area contributed by atoms with Crippen LogP contribution in [0.2, 0.25) is 0 Å². The summed E-state index contributed by atoms with van der Waals surface area (Å²) in [4.78, 5) is 2.49. The summed E-state index contributed by atoms with van der Waals surface area (Å²) in [5.74, 6) is 0.945. The minimum absolute atomic E-state index is 0.416. The fraction of sp³-hybridized carbons (Fsp3) is 1.00. The summed E-state index contributed by atoms with van der Waals surface area (Å²) < 4.78 is 5.73. The minimum atomic E-state index is 0.416. The van der Waals surface area contributed by atoms with Gasteiger partial charge in [-0.2, -0.15) is 0 Å². The van der Waals surface area contributed by atoms with Crippen LogP contribution in [0, 0.1) is 5.92 Å². The Morgan fingerprint density at radius 3 is 2.44 bits per heavy atom. The summed E-state index contributed by atoms with van der Waals surface area (Å²) in [5, 5.41) is 0. The Balaban J connectivity index is 2.12. The van der Waals surface area contributed by atoms with Crippen molar-refractivity contribution in [1.82, 2.24) is 4.90 Å². The molecule has 2 heteroatoms. The first kappa shape index (κ1) is 14.0. The number of nitrogens with zero attached hydrogens (tertiary/aromatic N) is 1. The smallest absolute Gasteiger partial charge is 0.0597 e. The Morgan fingerprint density at radius 1 is 1.25 bits per heavy atom. The normalized spacial score (nSPS) is 28.3. The van der Waals surface area contributed by atoms with Gasteiger partial charge in [-0.3, -0.25) is 0 Å². The first-order valence-electron chi connectivity index (χ1n) is 6.95. The molecule has 1 saturated carbocycles. The van der Waals surface area contributed by atoms with Gasteiger partial charge in [-0.25, -0.2) is 0 Å². The molecule has 1 unspecified atom stereocenters. The van der Waals surface area contributed by atoms with Crippen LogP contribution in [0.1, 0.15) is 52.9 Å². The number of likely N-dealkylation sites (N-methyl/N-ethyl adjacent to an activating group) is 1. The number of hydrogen-bond acceptors (Lipinski definition) is 2. The Bertz CT molecular complexity index is 176. The minimum Gasteiger partial charge on any atom is -0.377 e. The summed E-state index contributed by atoms with van der Waals surface area (Å²) in [7, 11) is 2.25. The molecule has 2 nitrogen and oxygen atoms in total. The van der Waals surface area contributed by atoms with Crippen LogP contribution >= 0.6 is 0 Å². The molecular weight excluding hydrogens is 198 g/mol. The van der Waals surface area contributed by atoms with E-state index >= 15 is 0 Å². The van der Waals surface area contributed by atoms with Crippen LogP contribution < -0.4 is 0 Å². The molecule has 1 fully saturated rings. The highest BCUT2D eigenvalue weighted by atomic mass is 16.5. The van der Waals surface area contributed by atoms with Crippen LogP contribution in [0.4, 0.5) is 0 Å². The highest BCUT2D eigenvalue weighted by molar-refractivity contribution is 4.76. The van der Waals surface area contributed by atoms with Gasteiger partial charge < -0.3 is 9.64 Å². The number of rotatable bonds is 6. The molecule has 0 amide bonds. The van der Waals surface area contributed by atoms with E-state index < -0.39 is 0 Å². The zero-order valence-corrected chi connectivity index (χ0v) is 11.5. The van der Waals surface area contributed by atoms with E-state index in [0.717, 1.165) is 31.5 Å². The molecule has 0 N–H and O–H groups in total. The van der Waals surface area contributed by atoms with E-state index in [4.69, 9.17) is 4.74 Å². The highest BCUT2D eigenvalue weighted by Gasteiger charge is 2.21. The second kappa shape index (κ2) is 7.29. The molecule has 0 radical (unpaired) electrons. The Hall–Kier alpha value is -0.0800. The molecule has 1 aliphatic carbocycles. The van der Waals surface area contributed by atoms with Crippen LogP contribution in [-0.2, 0) is 4.74 Å². The van der Waals surface area contributed by atoms with Crippen molar-refractivity contribution in [3.05, 3.63) is 0 Å². The van der Waals surface area contributed by atoms with E-state index in [9.17, 15) is 0 Å². The van der Waals surface area contributed by atoms with Crippen molar-refractivity contribution in [1.29, 1.82) is 0 Å². The van der Waals surface area contributed by atoms with Gasteiger partial charge in [0.05, 0.1) is 12.7 Å². The predicted molar refractivity (Wildman–Crippen MR) is 69.8 cm³/mol. The molecule has 0 aliphatic heterocycles. The lowest BCUT2D eigenvalue weighted by Crippen LogP contribution is -2.37. The molecule has 0 heterocycles. The Labute approximate surface area is 101 Å². The summed E-state index contributed by atoms with van der Waals surface area (Å²) in [6.45, 7) is 8.68. The van der Waals surface area contributed by atoms with Gasteiger partial charge in [0.1, 0.15) is 0 Å². The van der Waals surface area contributed by atoms with Crippen molar-refractivity contribution in [2.75, 3.05) is 20.2 Å². The van der Waals surface area contributed by atoms with Crippen molar-refractivity contribution in [2.45, 2.75) is 65.0 Å². The SMILES string of the molecule is CCC(C)OCCN(C)C1CCC(C)CC1. The van der Waals surface area contributed by atoms with E-state index in [1.165, 1.54) is 25.7 Å². The zero-order valence-electron chi connectivity index (χ0n) is 11.5. The standard InChI is InChI=1S/C14H29NO/c1-5-13(3)16-11-10-15(4)14-8-6-12(2)7-9-14/h12-14H,5-11H2,1-4H3. The van der Waals surface area contributed by atoms with E-state index in [1.807, 2.05) is 0 Å². The van der Waals surface area contributed by atoms with Crippen LogP contribution in [0.5, 0.6) is 0 Å². The zero-order chi connectivity index (χ0) is 12.0. The molecule has 0 aromatic carbocycles. The first-order valence-corrected chi connectivity index (χ1v) is 6.95. The van der Waals surface area contributed by atoms with E-state index in [0.29, 0.717) is 6.10 Å². The van der Waals surface area contributed by atoms with E-state index in [1.54, 1.807) is 0 Å². The maximum atomic E-state index is 5.73. The maximum absolute atomic E-state index is 5.73. The summed E-state index contributed by atoms with van der Waals surface area (Å²) in [6, 6.07) is 0.803. The van der Waals surface area contributed by atoms with Crippen molar-refractivity contribution >= 4 is 0 Å². The molecule has 96 valence electrons. The molecule has 0 saturated heterocycles. The van der Waals surface area contributed by atoms with Crippen LogP contribution in [0.25, 0.3) is 0 Å². The molecule has 1 aliphatic rings. The lowest BCUT2D eigenvalue weighted by Gasteiger charge is -2.33. The van der Waals surface area contributed by atoms with Crippen molar-refractivity contribution in [2.24, 2.45) is 5.92 Å². The second-order valence-electron chi connectivity index (χ2n) is 5.48. The van der Waals surface area contributed by atoms with Crippen molar-refractivity contribution in [3.63, 3.8) is 0 Å². The lowest BCUT2D eigenvalue weighted by molar-refractivity contribution is 0.0386. The third-order valence-electron chi connectivity index (χ3n) is 4.03. The summed E-state index contributed by atoms with van der Waals surface area (Å²) in [5.41, 5.74) is 0. The van der Waals surface area contributed by atoms with Gasteiger partial charge in [-0.15, -0.1) is 0 Å². The number of ether oxygens (including phenoxy) is 1. The summed E-state index contributed by atoms with van der Waals surface area (Å²) in [6.07, 6.45) is 7.09. The quantitative estimate of drug-likeness (QED) is 0.690. The Morgan fingerprint density at radius 2 is 1.88 bits per heavy atom. The van der Waals surface area contributed by atoms with Gasteiger partial charge in [0, 0.05) is 12.6 Å². The largest absolute Gasteiger partial charge is 0.377 e. The highest BCUT2D eigenvalue weighted by Crippen LogP contribution is 2.26. The molecule has 1 atom stereocenters. The maximum Gasteiger partial charge on any atom is 0.0597 e. The third kappa shape index (κ3) is 4.84. The van der Waals surface area contributed by atoms with Gasteiger partial charge >= 0.3 is 0 Å². The molecule has 0 aromatic rings. The fourth-order valence-corrected chi connectivity index (χ4v) is 2.38. The molecule has 1 rings (SSSR count). The van der Waals surface area contributed by atoms with Crippen molar-refractivity contribution < 1.29 is 4.74 Å². The van der Waals surface area contributed by atoms with Gasteiger partial charge in [0.25, 0.3) is 0 Å². The average Bonchev–Trinajstić information content (AvgIpc) is 2.29. The average molecular weight is 227 g/mol. The molecule has 16 heavy (non-hydrogen) atoms. The van der Waals surface area contributed by atoms with Crippen LogP contribution in [-0.4, -0.2) is 37.2 Å². The van der Waals surface area contributed by atoms with E-state index in [-0.39, 0.29) is 0 Å². The Kier molecular flexibility index (Phi) is 6.37. The summed E-state index contributed by atoms with van der Waals surface area (Å²) >= 11 is 0. The van der Waals surface area contributed by atoms with Gasteiger partial charge in [-0.05, 0) is 52.0 Å². The van der Waals surface area contributed by atoms with Gasteiger partial charge in [-0.1, -0.05) is 13.8 Å². The topological polar surface area (TPSA) is 12.5 Å². The molecule has 0 aromatic heterocycles. The monoisotopic (exact) mass is 227 g/mol. The van der Waals surface area contributed by atoms with Gasteiger partial charge in [0.2, 0.25) is 0 Å². The second-order valence-corrected chi connectivity index (χ2v) is 5.48. The van der Waals surface area contributed by atoms with Crippen LogP contribution in [0.3, 0.4) is 0 Å². The third-order valence-corrected chi connectivity index (χ3v) is 4.03. The molecule has 0 spiro atoms. The predicted octanol–water partition coefficient (Wildman–Crippen LogP) is 3.31. The van der Waals surface area contributed by atoms with E-state index in [2.05, 4.69) is 32.7 Å². The van der Waals surface area contributed by atoms with Crippen molar-refractivity contribution in [3.8, 4) is 0 Å². The number of hydrogen-bond donors (Lipinski definition) is 0. The first-order chi connectivity index (χ1) is 7.63. The fourth-order valence-electron chi connectivity index (χ4n) is 2.38.